The minimum atomic E-state index is -2.57. The highest BCUT2D eigenvalue weighted by Crippen LogP contribution is 2.44. The van der Waals surface area contributed by atoms with Gasteiger partial charge in [0.15, 0.2) is 0 Å². The molecule has 3 rings (SSSR count). The fourth-order valence-corrected chi connectivity index (χ4v) is 4.38. The first-order valence-corrected chi connectivity index (χ1v) is 10.0. The molecule has 26 heavy (non-hydrogen) atoms. The van der Waals surface area contributed by atoms with Crippen LogP contribution in [0.25, 0.3) is 0 Å². The van der Waals surface area contributed by atoms with E-state index in [-0.39, 0.29) is 43.0 Å². The highest BCUT2D eigenvalue weighted by Gasteiger charge is 2.46. The van der Waals surface area contributed by atoms with E-state index in [1.54, 1.807) is 4.90 Å². The lowest BCUT2D eigenvalue weighted by Crippen LogP contribution is -2.55. The van der Waals surface area contributed by atoms with Crippen LogP contribution in [-0.2, 0) is 9.59 Å². The topological polar surface area (TPSA) is 43.9 Å². The van der Waals surface area contributed by atoms with Gasteiger partial charge in [-0.15, -0.1) is 0 Å². The lowest BCUT2D eigenvalue weighted by Gasteiger charge is -2.39. The lowest BCUT2D eigenvalue weighted by atomic mass is 9.79. The van der Waals surface area contributed by atoms with Gasteiger partial charge in [-0.1, -0.05) is 12.8 Å². The van der Waals surface area contributed by atoms with Gasteiger partial charge in [0.1, 0.15) is 0 Å². The van der Waals surface area contributed by atoms with Gasteiger partial charge >= 0.3 is 0 Å². The van der Waals surface area contributed by atoms with Crippen molar-refractivity contribution in [1.82, 2.24) is 14.7 Å². The summed E-state index contributed by atoms with van der Waals surface area (Å²) < 4.78 is 25.8. The van der Waals surface area contributed by atoms with Crippen molar-refractivity contribution in [1.29, 1.82) is 0 Å². The SMILES string of the molecule is CC(C(=O)N1CCN(C(=O)CC2CC(F)(F)C2)CC1)N1CCCCCC1. The number of carbonyl (C=O) groups excluding carboxylic acids is 2. The van der Waals surface area contributed by atoms with Crippen molar-refractivity contribution >= 4 is 11.8 Å². The summed E-state index contributed by atoms with van der Waals surface area (Å²) in [5.74, 6) is -2.64. The molecule has 2 heterocycles. The summed E-state index contributed by atoms with van der Waals surface area (Å²) >= 11 is 0. The smallest absolute Gasteiger partial charge is 0.248 e. The summed E-state index contributed by atoms with van der Waals surface area (Å²) in [7, 11) is 0. The normalized spacial score (nSPS) is 26.1. The molecule has 0 aromatic carbocycles. The van der Waals surface area contributed by atoms with Gasteiger partial charge in [-0.05, 0) is 38.8 Å². The third kappa shape index (κ3) is 4.72. The number of hydrogen-bond acceptors (Lipinski definition) is 3. The first-order valence-electron chi connectivity index (χ1n) is 10.0. The van der Waals surface area contributed by atoms with Crippen molar-refractivity contribution in [3.63, 3.8) is 0 Å². The van der Waals surface area contributed by atoms with E-state index >= 15 is 0 Å². The number of nitrogens with zero attached hydrogens (tertiary/aromatic N) is 3. The number of alkyl halides is 2. The van der Waals surface area contributed by atoms with Crippen LogP contribution in [0.3, 0.4) is 0 Å². The zero-order chi connectivity index (χ0) is 18.7. The highest BCUT2D eigenvalue weighted by atomic mass is 19.3. The second kappa shape index (κ2) is 8.19. The summed E-state index contributed by atoms with van der Waals surface area (Å²) in [4.78, 5) is 30.9. The number of rotatable bonds is 4. The van der Waals surface area contributed by atoms with E-state index in [0.29, 0.717) is 26.2 Å². The van der Waals surface area contributed by atoms with Crippen LogP contribution in [0.15, 0.2) is 0 Å². The summed E-state index contributed by atoms with van der Waals surface area (Å²) in [5, 5.41) is 0. The second-order valence-corrected chi connectivity index (χ2v) is 8.17. The van der Waals surface area contributed by atoms with E-state index in [1.165, 1.54) is 12.8 Å². The number of hydrogen-bond donors (Lipinski definition) is 0. The maximum atomic E-state index is 12.9. The molecule has 2 amide bonds. The zero-order valence-corrected chi connectivity index (χ0v) is 15.8. The molecule has 0 radical (unpaired) electrons. The highest BCUT2D eigenvalue weighted by molar-refractivity contribution is 5.82. The fraction of sp³-hybridized carbons (Fsp3) is 0.895. The van der Waals surface area contributed by atoms with Gasteiger partial charge < -0.3 is 9.80 Å². The van der Waals surface area contributed by atoms with Gasteiger partial charge in [-0.3, -0.25) is 14.5 Å². The van der Waals surface area contributed by atoms with Crippen molar-refractivity contribution in [2.75, 3.05) is 39.3 Å². The molecule has 5 nitrogen and oxygen atoms in total. The number of carbonyl (C=O) groups is 2. The van der Waals surface area contributed by atoms with Crippen LogP contribution in [0.5, 0.6) is 0 Å². The van der Waals surface area contributed by atoms with Crippen molar-refractivity contribution in [3.05, 3.63) is 0 Å². The van der Waals surface area contributed by atoms with Crippen molar-refractivity contribution in [2.24, 2.45) is 5.92 Å². The van der Waals surface area contributed by atoms with Gasteiger partial charge in [0, 0.05) is 45.4 Å². The van der Waals surface area contributed by atoms with Crippen LogP contribution in [0, 0.1) is 5.92 Å². The zero-order valence-electron chi connectivity index (χ0n) is 15.8. The van der Waals surface area contributed by atoms with Crippen LogP contribution >= 0.6 is 0 Å². The summed E-state index contributed by atoms with van der Waals surface area (Å²) in [6.45, 7) is 6.07. The molecular formula is C19H31F2N3O2. The number of likely N-dealkylation sites (tertiary alicyclic amines) is 1. The third-order valence-corrected chi connectivity index (χ3v) is 6.13. The maximum absolute atomic E-state index is 12.9. The molecule has 1 unspecified atom stereocenters. The summed E-state index contributed by atoms with van der Waals surface area (Å²) in [6, 6.07) is -0.104. The molecule has 2 aliphatic heterocycles. The number of amides is 2. The Morgan fingerprint density at radius 1 is 0.923 bits per heavy atom. The largest absolute Gasteiger partial charge is 0.339 e. The van der Waals surface area contributed by atoms with Gasteiger partial charge in [0.25, 0.3) is 0 Å². The van der Waals surface area contributed by atoms with Gasteiger partial charge in [0.2, 0.25) is 17.7 Å². The molecule has 2 saturated heterocycles. The Bertz CT molecular complexity index is 505. The van der Waals surface area contributed by atoms with E-state index < -0.39 is 5.92 Å². The van der Waals surface area contributed by atoms with Crippen molar-refractivity contribution in [3.8, 4) is 0 Å². The van der Waals surface area contributed by atoms with Crippen molar-refractivity contribution in [2.45, 2.75) is 63.8 Å². The van der Waals surface area contributed by atoms with Crippen LogP contribution in [-0.4, -0.2) is 77.7 Å². The standard InChI is InChI=1S/C19H31F2N3O2/c1-15(22-6-4-2-3-5-7-22)18(26)24-10-8-23(9-11-24)17(25)12-16-13-19(20,21)14-16/h15-16H,2-14H2,1H3. The molecule has 1 saturated carbocycles. The average molecular weight is 371 g/mol. The molecule has 0 aromatic rings. The number of halogens is 2. The van der Waals surface area contributed by atoms with Crippen LogP contribution in [0.1, 0.15) is 51.9 Å². The minimum Gasteiger partial charge on any atom is -0.339 e. The molecule has 1 atom stereocenters. The van der Waals surface area contributed by atoms with E-state index in [2.05, 4.69) is 4.90 Å². The van der Waals surface area contributed by atoms with E-state index in [4.69, 9.17) is 0 Å². The number of piperazine rings is 1. The molecular weight excluding hydrogens is 340 g/mol. The molecule has 7 heteroatoms. The molecule has 1 aliphatic carbocycles. The van der Waals surface area contributed by atoms with E-state index in [1.807, 2.05) is 11.8 Å². The predicted molar refractivity (Wildman–Crippen MR) is 95.0 cm³/mol. The van der Waals surface area contributed by atoms with E-state index in [0.717, 1.165) is 25.9 Å². The molecule has 3 fully saturated rings. The maximum Gasteiger partial charge on any atom is 0.248 e. The van der Waals surface area contributed by atoms with E-state index in [9.17, 15) is 18.4 Å². The molecule has 0 bridgehead atoms. The lowest BCUT2D eigenvalue weighted by molar-refractivity contribution is -0.147. The third-order valence-electron chi connectivity index (χ3n) is 6.13. The fourth-order valence-electron chi connectivity index (χ4n) is 4.38. The Balaban J connectivity index is 1.42. The van der Waals surface area contributed by atoms with Gasteiger partial charge in [-0.2, -0.15) is 0 Å². The minimum absolute atomic E-state index is 0.0434. The summed E-state index contributed by atoms with van der Waals surface area (Å²) in [5.41, 5.74) is 0. The first-order chi connectivity index (χ1) is 12.4. The Morgan fingerprint density at radius 2 is 1.46 bits per heavy atom. The van der Waals surface area contributed by atoms with Gasteiger partial charge in [-0.25, -0.2) is 8.78 Å². The Kier molecular flexibility index (Phi) is 6.15. The molecule has 0 spiro atoms. The average Bonchev–Trinajstić information content (AvgIpc) is 2.88. The quantitative estimate of drug-likeness (QED) is 0.762. The molecule has 3 aliphatic rings. The Labute approximate surface area is 154 Å². The first kappa shape index (κ1) is 19.5. The Hall–Kier alpha value is -1.24. The second-order valence-electron chi connectivity index (χ2n) is 8.17. The van der Waals surface area contributed by atoms with Gasteiger partial charge in [0.05, 0.1) is 6.04 Å². The van der Waals surface area contributed by atoms with Crippen LogP contribution in [0.2, 0.25) is 0 Å². The molecule has 0 aromatic heterocycles. The molecule has 0 N–H and O–H groups in total. The molecule has 148 valence electrons. The van der Waals surface area contributed by atoms with Crippen LogP contribution in [0.4, 0.5) is 8.78 Å². The van der Waals surface area contributed by atoms with Crippen LogP contribution < -0.4 is 0 Å². The Morgan fingerprint density at radius 3 is 2.00 bits per heavy atom. The summed E-state index contributed by atoms with van der Waals surface area (Å²) in [6.07, 6.45) is 4.68. The predicted octanol–water partition coefficient (Wildman–Crippen LogP) is 2.36. The monoisotopic (exact) mass is 371 g/mol. The van der Waals surface area contributed by atoms with Crippen molar-refractivity contribution < 1.29 is 18.4 Å².